The average Bonchev–Trinajstić information content (AvgIpc) is 3.59. The molecule has 0 spiro atoms. The van der Waals surface area contributed by atoms with Crippen molar-refractivity contribution in [3.63, 3.8) is 0 Å². The summed E-state index contributed by atoms with van der Waals surface area (Å²) < 4.78 is 6.31. The third-order valence-corrected chi connectivity index (χ3v) is 8.45. The first kappa shape index (κ1) is 24.3. The Morgan fingerprint density at radius 2 is 2.00 bits per heavy atom. The van der Waals surface area contributed by atoms with Crippen LogP contribution in [0.2, 0.25) is 0 Å². The fourth-order valence-electron chi connectivity index (χ4n) is 6.36. The number of ether oxygens (including phenoxy) is 1. The largest absolute Gasteiger partial charge is 0.358 e. The van der Waals surface area contributed by atoms with Crippen molar-refractivity contribution >= 4 is 23.6 Å². The number of rotatable bonds is 3. The van der Waals surface area contributed by atoms with E-state index in [0.29, 0.717) is 24.2 Å². The molecular weight excluding hydrogens is 496 g/mol. The fraction of sp³-hybridized carbons (Fsp3) is 0.519. The van der Waals surface area contributed by atoms with Crippen LogP contribution in [0.4, 0.5) is 22.4 Å². The van der Waals surface area contributed by atoms with E-state index in [1.807, 2.05) is 35.4 Å². The van der Waals surface area contributed by atoms with Crippen LogP contribution >= 0.6 is 0 Å². The van der Waals surface area contributed by atoms with Crippen molar-refractivity contribution < 1.29 is 14.4 Å². The first-order chi connectivity index (χ1) is 19.2. The molecule has 7 heterocycles. The van der Waals surface area contributed by atoms with Gasteiger partial charge in [-0.3, -0.25) is 15.0 Å². The van der Waals surface area contributed by atoms with Gasteiger partial charge in [0, 0.05) is 48.6 Å². The van der Waals surface area contributed by atoms with Gasteiger partial charge in [0.15, 0.2) is 5.82 Å². The second-order valence-electron chi connectivity index (χ2n) is 11.2. The summed E-state index contributed by atoms with van der Waals surface area (Å²) in [5.74, 6) is 2.14. The van der Waals surface area contributed by atoms with E-state index in [1.165, 1.54) is 4.90 Å². The van der Waals surface area contributed by atoms with Crippen LogP contribution < -0.4 is 20.9 Å². The van der Waals surface area contributed by atoms with Gasteiger partial charge in [-0.2, -0.15) is 10.1 Å². The summed E-state index contributed by atoms with van der Waals surface area (Å²) in [6.07, 6.45) is 7.76. The van der Waals surface area contributed by atoms with Gasteiger partial charge in [0.2, 0.25) is 5.95 Å². The van der Waals surface area contributed by atoms with Crippen LogP contribution in [0.3, 0.4) is 0 Å². The number of pyridine rings is 1. The third kappa shape index (κ3) is 5.26. The van der Waals surface area contributed by atoms with Gasteiger partial charge < -0.3 is 25.6 Å². The number of nitrogens with one attached hydrogen (secondary N) is 5. The monoisotopic (exact) mass is 531 g/mol. The van der Waals surface area contributed by atoms with Gasteiger partial charge >= 0.3 is 6.03 Å². The molecule has 5 aliphatic rings. The lowest BCUT2D eigenvalue weighted by Gasteiger charge is -2.42. The Morgan fingerprint density at radius 1 is 1.10 bits per heavy atom. The normalized spacial score (nSPS) is 29.7. The summed E-state index contributed by atoms with van der Waals surface area (Å²) in [5.41, 5.74) is 2.08. The Balaban J connectivity index is 1.06. The zero-order chi connectivity index (χ0) is 26.2. The summed E-state index contributed by atoms with van der Waals surface area (Å²) in [5, 5.41) is 17.7. The number of hydrogen-bond acceptors (Lipinski definition) is 8. The number of carbonyl (C=O) groups is 1. The van der Waals surface area contributed by atoms with E-state index in [4.69, 9.17) is 4.74 Å². The third-order valence-electron chi connectivity index (χ3n) is 8.45. The summed E-state index contributed by atoms with van der Waals surface area (Å²) in [6.45, 7) is 3.25. The van der Waals surface area contributed by atoms with Crippen LogP contribution in [-0.4, -0.2) is 80.1 Å². The number of aromatic amines is 1. The number of carbonyl (C=O) groups excluding carboxylic acids is 1. The quantitative estimate of drug-likeness (QED) is 0.342. The van der Waals surface area contributed by atoms with E-state index < -0.39 is 0 Å². The SMILES string of the molecule is O=C(NC1C[NH+](Cc2ccccn2)C1)N1C2CCC(CC2)Nc2nccc(n2)Nc2cc([nH]n2)C2COC1C2. The van der Waals surface area contributed by atoms with Crippen molar-refractivity contribution in [2.24, 2.45) is 0 Å². The molecule has 5 N–H and O–H groups in total. The van der Waals surface area contributed by atoms with E-state index in [0.717, 1.165) is 63.1 Å². The Morgan fingerprint density at radius 3 is 2.85 bits per heavy atom. The summed E-state index contributed by atoms with van der Waals surface area (Å²) in [7, 11) is 0. The first-order valence-electron chi connectivity index (χ1n) is 14.0. The highest BCUT2D eigenvalue weighted by Gasteiger charge is 2.42. The Kier molecular flexibility index (Phi) is 6.49. The minimum absolute atomic E-state index is 0.0111. The van der Waals surface area contributed by atoms with Gasteiger partial charge in [0.25, 0.3) is 0 Å². The smallest absolute Gasteiger partial charge is 0.320 e. The summed E-state index contributed by atoms with van der Waals surface area (Å²) in [6, 6.07) is 10.4. The van der Waals surface area contributed by atoms with Crippen LogP contribution in [0.25, 0.3) is 0 Å². The minimum atomic E-state index is -0.259. The lowest BCUT2D eigenvalue weighted by atomic mass is 9.89. The van der Waals surface area contributed by atoms with Gasteiger partial charge in [0.05, 0.1) is 12.3 Å². The minimum Gasteiger partial charge on any atom is -0.358 e. The molecular formula is C27H35N10O2+. The van der Waals surface area contributed by atoms with E-state index >= 15 is 0 Å². The van der Waals surface area contributed by atoms with E-state index in [-0.39, 0.29) is 36.3 Å². The molecule has 2 amide bonds. The second kappa shape index (κ2) is 10.4. The molecule has 3 aromatic rings. The van der Waals surface area contributed by atoms with Crippen LogP contribution in [0.5, 0.6) is 0 Å². The first-order valence-corrected chi connectivity index (χ1v) is 14.0. The number of quaternary nitrogens is 1. The van der Waals surface area contributed by atoms with Crippen LogP contribution in [0.1, 0.15) is 49.4 Å². The molecule has 3 fully saturated rings. The molecule has 0 radical (unpaired) electrons. The zero-order valence-electron chi connectivity index (χ0n) is 21.8. The molecule has 8 rings (SSSR count). The molecule has 4 aliphatic heterocycles. The number of amides is 2. The van der Waals surface area contributed by atoms with Crippen molar-refractivity contribution in [1.29, 1.82) is 0 Å². The maximum atomic E-state index is 13.8. The number of H-pyrrole nitrogens is 1. The maximum absolute atomic E-state index is 13.8. The Hall–Kier alpha value is -3.77. The molecule has 3 aromatic heterocycles. The number of likely N-dealkylation sites (tertiary alicyclic amines) is 1. The molecule has 1 saturated carbocycles. The second-order valence-corrected chi connectivity index (χ2v) is 11.2. The van der Waals surface area contributed by atoms with Gasteiger partial charge in [-0.25, -0.2) is 9.78 Å². The molecule has 12 heteroatoms. The lowest BCUT2D eigenvalue weighted by molar-refractivity contribution is -0.955. The molecule has 12 nitrogen and oxygen atoms in total. The van der Waals surface area contributed by atoms with Crippen molar-refractivity contribution in [2.75, 3.05) is 30.3 Å². The van der Waals surface area contributed by atoms with Gasteiger partial charge in [-0.15, -0.1) is 0 Å². The van der Waals surface area contributed by atoms with Gasteiger partial charge in [-0.1, -0.05) is 6.07 Å². The zero-order valence-corrected chi connectivity index (χ0v) is 21.8. The number of urea groups is 1. The molecule has 8 bridgehead atoms. The molecule has 2 saturated heterocycles. The highest BCUT2D eigenvalue weighted by molar-refractivity contribution is 5.75. The van der Waals surface area contributed by atoms with E-state index in [2.05, 4.69) is 47.2 Å². The fourth-order valence-corrected chi connectivity index (χ4v) is 6.36. The van der Waals surface area contributed by atoms with Crippen LogP contribution in [0, 0.1) is 0 Å². The molecule has 1 aliphatic carbocycles. The topological polar surface area (TPSA) is 137 Å². The number of hydrogen-bond donors (Lipinski definition) is 5. The standard InChI is InChI=1S/C27H34N10O2/c38-27(31-20-14-36(15-20)13-19-3-1-2-9-28-19)37-21-6-4-18(5-7-21)30-26-29-10-8-23(33-26)32-24-12-22(34-35-24)17-11-25(37)39-16-17/h1-3,8-10,12,17-18,20-21,25H,4-7,11,13-16H2,(H,31,38)(H3,29,30,32,33,34,35)/p+1. The molecule has 2 atom stereocenters. The number of anilines is 3. The Bertz CT molecular complexity index is 1290. The Labute approximate surface area is 226 Å². The number of aromatic nitrogens is 5. The highest BCUT2D eigenvalue weighted by atomic mass is 16.5. The number of fused-ring (bicyclic) bond motifs is 2. The molecule has 0 aromatic carbocycles. The molecule has 39 heavy (non-hydrogen) atoms. The lowest BCUT2D eigenvalue weighted by Crippen LogP contribution is -3.21. The predicted octanol–water partition coefficient (Wildman–Crippen LogP) is 1.38. The average molecular weight is 532 g/mol. The van der Waals surface area contributed by atoms with E-state index in [9.17, 15) is 4.79 Å². The van der Waals surface area contributed by atoms with Crippen molar-refractivity contribution in [1.82, 2.24) is 35.4 Å². The molecule has 204 valence electrons. The van der Waals surface area contributed by atoms with Gasteiger partial charge in [-0.05, 0) is 43.9 Å². The predicted molar refractivity (Wildman–Crippen MR) is 143 cm³/mol. The van der Waals surface area contributed by atoms with E-state index in [1.54, 1.807) is 6.20 Å². The van der Waals surface area contributed by atoms with Crippen molar-refractivity contribution in [3.8, 4) is 0 Å². The van der Waals surface area contributed by atoms with Gasteiger partial charge in [0.1, 0.15) is 37.7 Å². The van der Waals surface area contributed by atoms with Crippen LogP contribution in [-0.2, 0) is 11.3 Å². The number of nitrogens with zero attached hydrogens (tertiary/aromatic N) is 5. The highest BCUT2D eigenvalue weighted by Crippen LogP contribution is 2.35. The summed E-state index contributed by atoms with van der Waals surface area (Å²) in [4.78, 5) is 30.7. The maximum Gasteiger partial charge on any atom is 0.320 e. The molecule has 2 unspecified atom stereocenters. The van der Waals surface area contributed by atoms with Crippen molar-refractivity contribution in [2.45, 2.75) is 68.9 Å². The van der Waals surface area contributed by atoms with Crippen LogP contribution in [0.15, 0.2) is 42.7 Å². The van der Waals surface area contributed by atoms with Crippen molar-refractivity contribution in [3.05, 3.63) is 54.1 Å². The summed E-state index contributed by atoms with van der Waals surface area (Å²) >= 11 is 0.